The first-order valence-corrected chi connectivity index (χ1v) is 45.7. The van der Waals surface area contributed by atoms with Crippen LogP contribution in [0.5, 0.6) is 23.0 Å². The molecular formula is C96H90Br2Cl5F10N19O4. The molecule has 0 bridgehead atoms. The third kappa shape index (κ3) is 20.9. The molecule has 40 heteroatoms. The van der Waals surface area contributed by atoms with Gasteiger partial charge in [-0.1, -0.05) is 116 Å². The fourth-order valence-electron chi connectivity index (χ4n) is 15.8. The summed E-state index contributed by atoms with van der Waals surface area (Å²) in [4.78, 5) is 46.4. The number of benzene rings is 5. The average Bonchev–Trinajstić information content (AvgIpc) is 1.46. The maximum Gasteiger partial charge on any atom is 0.433 e. The highest BCUT2D eigenvalue weighted by molar-refractivity contribution is 9.10. The zero-order chi connectivity index (χ0) is 99.2. The molecule has 0 aliphatic rings. The molecule has 16 rings (SSSR count). The largest absolute Gasteiger partial charge is 0.493 e. The lowest BCUT2D eigenvalue weighted by atomic mass is 9.90. The average molecular weight is 2100 g/mol. The molecule has 0 spiro atoms. The summed E-state index contributed by atoms with van der Waals surface area (Å²) in [6.07, 6.45) is 3.07. The zero-order valence-electron chi connectivity index (χ0n) is 75.8. The summed E-state index contributed by atoms with van der Waals surface area (Å²) in [6, 6.07) is 20.7. The van der Waals surface area contributed by atoms with Gasteiger partial charge < -0.3 is 41.9 Å². The predicted molar refractivity (Wildman–Crippen MR) is 518 cm³/mol. The molecule has 0 radical (unpaired) electrons. The normalized spacial score (nSPS) is 12.8. The predicted octanol–water partition coefficient (Wildman–Crippen LogP) is 27.0. The van der Waals surface area contributed by atoms with Gasteiger partial charge in [-0.2, -0.15) is 39.5 Å². The van der Waals surface area contributed by atoms with Crippen molar-refractivity contribution in [2.45, 2.75) is 171 Å². The Morgan fingerprint density at radius 2 is 0.713 bits per heavy atom. The van der Waals surface area contributed by atoms with E-state index in [9.17, 15) is 39.5 Å². The Bertz CT molecular complexity index is 6970. The van der Waals surface area contributed by atoms with Crippen molar-refractivity contribution in [3.8, 4) is 67.5 Å². The Kier molecular flexibility index (Phi) is 30.5. The van der Waals surface area contributed by atoms with Crippen LogP contribution in [0, 0.1) is 40.4 Å². The topological polar surface area (TPSA) is 300 Å². The molecule has 8 N–H and O–H groups in total. The number of hydrogen-bond donors (Lipinski definition) is 4. The van der Waals surface area contributed by atoms with E-state index < -0.39 is 47.2 Å². The van der Waals surface area contributed by atoms with Crippen LogP contribution in [0.3, 0.4) is 0 Å². The van der Waals surface area contributed by atoms with Crippen LogP contribution in [0.4, 0.5) is 67.2 Å². The molecule has 0 aliphatic carbocycles. The summed E-state index contributed by atoms with van der Waals surface area (Å²) < 4.78 is 167. The van der Waals surface area contributed by atoms with Crippen LogP contribution in [0.2, 0.25) is 25.4 Å². The first kappa shape index (κ1) is 102. The van der Waals surface area contributed by atoms with Crippen molar-refractivity contribution in [2.24, 2.45) is 0 Å². The molecule has 5 aromatic carbocycles. The van der Waals surface area contributed by atoms with E-state index in [0.29, 0.717) is 138 Å². The van der Waals surface area contributed by atoms with E-state index in [1.54, 1.807) is 105 Å². The summed E-state index contributed by atoms with van der Waals surface area (Å²) in [5.74, 6) is 3.68. The molecule has 0 fully saturated rings. The number of aromatic nitrogens is 15. The Hall–Kier alpha value is -11.9. The van der Waals surface area contributed by atoms with Crippen LogP contribution in [0.1, 0.15) is 190 Å². The molecule has 4 unspecified atom stereocenters. The zero-order valence-corrected chi connectivity index (χ0v) is 82.7. The number of rotatable bonds is 20. The lowest BCUT2D eigenvalue weighted by Gasteiger charge is -2.24. The van der Waals surface area contributed by atoms with Gasteiger partial charge in [0.2, 0.25) is 0 Å². The van der Waals surface area contributed by atoms with Crippen molar-refractivity contribution in [3.05, 3.63) is 284 Å². The van der Waals surface area contributed by atoms with E-state index in [2.05, 4.69) is 94.7 Å². The van der Waals surface area contributed by atoms with E-state index in [1.165, 1.54) is 30.6 Å². The number of nitrogen functional groups attached to an aromatic ring is 4. The van der Waals surface area contributed by atoms with Crippen molar-refractivity contribution in [1.29, 1.82) is 0 Å². The summed E-state index contributed by atoms with van der Waals surface area (Å²) in [5.41, 5.74) is 33.9. The second-order valence-corrected chi connectivity index (χ2v) is 36.2. The summed E-state index contributed by atoms with van der Waals surface area (Å²) in [6.45, 7) is 30.3. The van der Waals surface area contributed by atoms with E-state index in [-0.39, 0.29) is 80.4 Å². The minimum absolute atomic E-state index is 0.0231. The molecule has 0 amide bonds. The van der Waals surface area contributed by atoms with Crippen LogP contribution >= 0.6 is 89.9 Å². The minimum atomic E-state index is -4.61. The minimum Gasteiger partial charge on any atom is -0.493 e. The third-order valence-electron chi connectivity index (χ3n) is 22.3. The van der Waals surface area contributed by atoms with Crippen LogP contribution in [0.25, 0.3) is 66.6 Å². The molecule has 136 heavy (non-hydrogen) atoms. The van der Waals surface area contributed by atoms with Gasteiger partial charge >= 0.3 is 18.5 Å². The lowest BCUT2D eigenvalue weighted by Crippen LogP contribution is -2.13. The fourth-order valence-corrected chi connectivity index (χ4v) is 18.2. The maximum atomic E-state index is 15.5. The summed E-state index contributed by atoms with van der Waals surface area (Å²) in [7, 11) is 0. The van der Waals surface area contributed by atoms with Gasteiger partial charge in [-0.25, -0.2) is 44.3 Å². The molecule has 0 aliphatic heterocycles. The molecule has 11 heterocycles. The Morgan fingerprint density at radius 1 is 0.382 bits per heavy atom. The molecule has 11 aromatic heterocycles. The van der Waals surface area contributed by atoms with Gasteiger partial charge in [0.25, 0.3) is 0 Å². The molecule has 23 nitrogen and oxygen atoms in total. The number of imidazole rings is 4. The summed E-state index contributed by atoms with van der Waals surface area (Å²) in [5, 5.41) is 1.87. The van der Waals surface area contributed by atoms with Gasteiger partial charge in [0, 0.05) is 168 Å². The number of nitrogens with two attached hydrogens (primary N) is 4. The van der Waals surface area contributed by atoms with Crippen molar-refractivity contribution in [1.82, 2.24) is 72.4 Å². The number of fused-ring (bicyclic) bond motifs is 4. The van der Waals surface area contributed by atoms with Gasteiger partial charge in [-0.05, 0) is 197 Å². The second kappa shape index (κ2) is 40.8. The first-order chi connectivity index (χ1) is 64.0. The second-order valence-electron chi connectivity index (χ2n) is 32.7. The Balaban J connectivity index is 0.000000153. The van der Waals surface area contributed by atoms with Crippen molar-refractivity contribution in [3.63, 3.8) is 0 Å². The van der Waals surface area contributed by atoms with Crippen LogP contribution in [-0.2, 0) is 18.5 Å². The third-order valence-corrected chi connectivity index (χ3v) is 25.2. The first-order valence-electron chi connectivity index (χ1n) is 42.3. The number of aryl methyl sites for hydroxylation is 2. The lowest BCUT2D eigenvalue weighted by molar-refractivity contribution is -0.141. The number of halogens is 17. The van der Waals surface area contributed by atoms with Crippen LogP contribution in [-0.4, -0.2) is 97.3 Å². The van der Waals surface area contributed by atoms with E-state index in [0.717, 1.165) is 75.5 Å². The van der Waals surface area contributed by atoms with Gasteiger partial charge in [0.05, 0.1) is 36.0 Å². The van der Waals surface area contributed by atoms with E-state index >= 15 is 4.39 Å². The van der Waals surface area contributed by atoms with Crippen molar-refractivity contribution in [2.75, 3.05) is 29.5 Å². The van der Waals surface area contributed by atoms with Gasteiger partial charge in [-0.15, -0.1) is 0 Å². The number of anilines is 4. The number of alkyl halides is 9. The van der Waals surface area contributed by atoms with Gasteiger partial charge in [-0.3, -0.25) is 32.6 Å². The molecule has 712 valence electrons. The monoisotopic (exact) mass is 2100 g/mol. The number of nitrogens with zero attached hydrogens (tertiary/aromatic N) is 15. The quantitative estimate of drug-likeness (QED) is 0.0515. The molecule has 16 aromatic rings. The molecule has 0 saturated heterocycles. The maximum absolute atomic E-state index is 15.5. The van der Waals surface area contributed by atoms with E-state index in [1.807, 2.05) is 103 Å². The number of pyridine rings is 3. The summed E-state index contributed by atoms with van der Waals surface area (Å²) >= 11 is 39.7. The molecule has 4 atom stereocenters. The highest BCUT2D eigenvalue weighted by atomic mass is 79.9. The molecular weight excluding hydrogens is 2010 g/mol. The SMILES string of the molecule is CCOc1c(C(C)c2nc(Br)c3c(N)nccn23)cc(Cl)c(C)c1-c1cccc(C(F)(F)F)c1.Cc1c(Cl)cc(C(C)c2nc(Cl)c3c(N)nccn23)c(OC(C)C)c1-c1ccc(C(F)(F)F)nc1.Cc1cc(C(C)c2nc(Cl)c3c(N)nccn23)c(OC(C)C)c(-c2ccc(C(F)(F)F)nc2)c1F.Cc1ccc(-c2c(C)c(Cl)cc(C(C)c3nc(Br)c4c(N)nccn34)c2OC(C)C)cn1. The van der Waals surface area contributed by atoms with Crippen LogP contribution < -0.4 is 41.9 Å². The van der Waals surface area contributed by atoms with Crippen molar-refractivity contribution < 1.29 is 62.9 Å². The smallest absolute Gasteiger partial charge is 0.433 e. The van der Waals surface area contributed by atoms with Crippen LogP contribution in [0.15, 0.2) is 162 Å². The highest BCUT2D eigenvalue weighted by Crippen LogP contribution is 2.52. The fraction of sp³-hybridized carbons (Fsp3) is 0.281. The van der Waals surface area contributed by atoms with E-state index in [4.69, 9.17) is 105 Å². The Morgan fingerprint density at radius 3 is 1.06 bits per heavy atom. The molecule has 0 saturated carbocycles. The highest BCUT2D eigenvalue weighted by Gasteiger charge is 2.38. The van der Waals surface area contributed by atoms with Gasteiger partial charge in [0.1, 0.15) is 94.8 Å². The number of ether oxygens (including phenoxy) is 4. The standard InChI is InChI=1S/C24H21BrClF3N4O.C24H25BrClN5O.C24H22Cl2F3N5O.C24H22ClF4N5O/c1-4-34-20-16(12(2)23-32-21(25)19-22(30)31-8-9-33(19)23)11-17(26)13(3)18(20)14-6-5-7-15(10-14)24(27,28)29;1-12(2)32-21-17(10-18(26)15(5)19(21)16-7-6-13(3)29-11-16)14(4)24-30-22(25)20-23(27)28-8-9-31(20)24;1-11(2)35-20-15(12(3)23-33-21(26)19-22(30)31-7-8-34(19)23)9-16(25)13(4)18(20)14-5-6-17(32-10-14)24(27,28)29;1-11(2)35-20-15(13(4)23-33-21(25)19-22(30)31-7-8-34(19)23)9-12(3)18(26)17(20)14-5-6-16(32-10-14)24(27,28)29/h5-12H,4H2,1-3H3,(H2,30,31);6-12,14H,1-5H3,(H2,27,28);5-12H,1-4H3,(H2,30,31);5-11,13H,1-4H3,(H2,30,31). The Labute approximate surface area is 817 Å². The van der Waals surface area contributed by atoms with Crippen molar-refractivity contribution >= 4 is 135 Å². The van der Waals surface area contributed by atoms with Gasteiger partial charge in [0.15, 0.2) is 33.6 Å². The number of hydrogen-bond acceptors (Lipinski definition) is 19.